The maximum atomic E-state index is 5.38. The Hall–Kier alpha value is -1.10. The molecular weight excluding hydrogens is 252 g/mol. The molecule has 0 spiro atoms. The SMILES string of the molecule is COCC(C)(C)NCc1ccc(N2CCOCC2)cc1. The molecule has 112 valence electrons. The van der Waals surface area contributed by atoms with Gasteiger partial charge in [-0.15, -0.1) is 0 Å². The number of benzene rings is 1. The molecule has 1 N–H and O–H groups in total. The number of hydrogen-bond donors (Lipinski definition) is 1. The van der Waals surface area contributed by atoms with Gasteiger partial charge in [0.2, 0.25) is 0 Å². The quantitative estimate of drug-likeness (QED) is 0.863. The molecule has 1 aromatic carbocycles. The van der Waals surface area contributed by atoms with E-state index in [-0.39, 0.29) is 5.54 Å². The molecule has 0 unspecified atom stereocenters. The summed E-state index contributed by atoms with van der Waals surface area (Å²) in [6.07, 6.45) is 0. The first kappa shape index (κ1) is 15.3. The Morgan fingerprint density at radius 2 is 1.85 bits per heavy atom. The van der Waals surface area contributed by atoms with Crippen molar-refractivity contribution in [3.63, 3.8) is 0 Å². The number of anilines is 1. The van der Waals surface area contributed by atoms with Crippen molar-refractivity contribution >= 4 is 5.69 Å². The van der Waals surface area contributed by atoms with Gasteiger partial charge < -0.3 is 19.7 Å². The zero-order valence-electron chi connectivity index (χ0n) is 12.8. The van der Waals surface area contributed by atoms with Crippen LogP contribution in [-0.4, -0.2) is 45.6 Å². The molecule has 1 aliphatic heterocycles. The van der Waals surface area contributed by atoms with Crippen molar-refractivity contribution in [3.05, 3.63) is 29.8 Å². The lowest BCUT2D eigenvalue weighted by Crippen LogP contribution is -2.42. The number of methoxy groups -OCH3 is 1. The number of rotatable bonds is 6. The maximum absolute atomic E-state index is 5.38. The van der Waals surface area contributed by atoms with E-state index in [1.54, 1.807) is 7.11 Å². The van der Waals surface area contributed by atoms with E-state index in [0.29, 0.717) is 6.61 Å². The molecule has 1 aliphatic rings. The molecule has 0 aliphatic carbocycles. The summed E-state index contributed by atoms with van der Waals surface area (Å²) in [5.41, 5.74) is 2.58. The highest BCUT2D eigenvalue weighted by atomic mass is 16.5. The summed E-state index contributed by atoms with van der Waals surface area (Å²) in [4.78, 5) is 2.37. The molecule has 0 bridgehead atoms. The molecular formula is C16H26N2O2. The van der Waals surface area contributed by atoms with Gasteiger partial charge in [0.25, 0.3) is 0 Å². The van der Waals surface area contributed by atoms with Gasteiger partial charge in [-0.2, -0.15) is 0 Å². The topological polar surface area (TPSA) is 33.7 Å². The van der Waals surface area contributed by atoms with Crippen molar-refractivity contribution in [2.75, 3.05) is 44.9 Å². The van der Waals surface area contributed by atoms with Crippen LogP contribution in [0.4, 0.5) is 5.69 Å². The minimum Gasteiger partial charge on any atom is -0.383 e. The summed E-state index contributed by atoms with van der Waals surface area (Å²) in [5.74, 6) is 0. The van der Waals surface area contributed by atoms with Gasteiger partial charge in [-0.1, -0.05) is 12.1 Å². The fourth-order valence-corrected chi connectivity index (χ4v) is 2.40. The highest BCUT2D eigenvalue weighted by Gasteiger charge is 2.16. The van der Waals surface area contributed by atoms with E-state index < -0.39 is 0 Å². The van der Waals surface area contributed by atoms with Gasteiger partial charge in [-0.3, -0.25) is 0 Å². The average molecular weight is 278 g/mol. The number of hydrogen-bond acceptors (Lipinski definition) is 4. The van der Waals surface area contributed by atoms with Crippen LogP contribution in [0, 0.1) is 0 Å². The highest BCUT2D eigenvalue weighted by molar-refractivity contribution is 5.47. The van der Waals surface area contributed by atoms with Crippen LogP contribution < -0.4 is 10.2 Å². The van der Waals surface area contributed by atoms with E-state index in [1.807, 2.05) is 0 Å². The Labute approximate surface area is 122 Å². The second-order valence-corrected chi connectivity index (χ2v) is 5.94. The number of nitrogens with one attached hydrogen (secondary N) is 1. The normalized spacial score (nSPS) is 16.4. The third-order valence-electron chi connectivity index (χ3n) is 3.59. The second-order valence-electron chi connectivity index (χ2n) is 5.94. The van der Waals surface area contributed by atoms with Gasteiger partial charge >= 0.3 is 0 Å². The molecule has 0 radical (unpaired) electrons. The molecule has 0 amide bonds. The van der Waals surface area contributed by atoms with E-state index in [0.717, 1.165) is 32.8 Å². The van der Waals surface area contributed by atoms with Crippen molar-refractivity contribution in [2.45, 2.75) is 25.9 Å². The van der Waals surface area contributed by atoms with Gasteiger partial charge in [0.05, 0.1) is 19.8 Å². The molecule has 1 saturated heterocycles. The first-order valence-corrected chi connectivity index (χ1v) is 7.26. The van der Waals surface area contributed by atoms with Crippen LogP contribution in [0.3, 0.4) is 0 Å². The Kier molecular flexibility index (Phi) is 5.40. The molecule has 0 saturated carbocycles. The van der Waals surface area contributed by atoms with E-state index >= 15 is 0 Å². The minimum absolute atomic E-state index is 0.00235. The number of morpholine rings is 1. The summed E-state index contributed by atoms with van der Waals surface area (Å²) in [7, 11) is 1.74. The van der Waals surface area contributed by atoms with E-state index in [4.69, 9.17) is 9.47 Å². The summed E-state index contributed by atoms with van der Waals surface area (Å²) in [6.45, 7) is 9.50. The van der Waals surface area contributed by atoms with Crippen LogP contribution in [0.15, 0.2) is 24.3 Å². The second kappa shape index (κ2) is 7.07. The van der Waals surface area contributed by atoms with Gasteiger partial charge in [-0.25, -0.2) is 0 Å². The van der Waals surface area contributed by atoms with Crippen LogP contribution in [0.1, 0.15) is 19.4 Å². The minimum atomic E-state index is -0.00235. The summed E-state index contributed by atoms with van der Waals surface area (Å²) in [6, 6.07) is 8.79. The average Bonchev–Trinajstić information content (AvgIpc) is 2.47. The number of nitrogens with zero attached hydrogens (tertiary/aromatic N) is 1. The molecule has 2 rings (SSSR count). The zero-order chi connectivity index (χ0) is 14.4. The lowest BCUT2D eigenvalue weighted by Gasteiger charge is -2.29. The van der Waals surface area contributed by atoms with Crippen LogP contribution in [-0.2, 0) is 16.0 Å². The largest absolute Gasteiger partial charge is 0.383 e. The predicted octanol–water partition coefficient (Wildman–Crippen LogP) is 2.04. The molecule has 4 nitrogen and oxygen atoms in total. The smallest absolute Gasteiger partial charge is 0.0642 e. The standard InChI is InChI=1S/C16H26N2O2/c1-16(2,13-19-3)17-12-14-4-6-15(7-5-14)18-8-10-20-11-9-18/h4-7,17H,8-13H2,1-3H3. The van der Waals surface area contributed by atoms with Crippen LogP contribution in [0.2, 0.25) is 0 Å². The summed E-state index contributed by atoms with van der Waals surface area (Å²) < 4.78 is 10.6. The van der Waals surface area contributed by atoms with E-state index in [1.165, 1.54) is 11.3 Å². The molecule has 1 aromatic rings. The lowest BCUT2D eigenvalue weighted by molar-refractivity contribution is 0.122. The third kappa shape index (κ3) is 4.47. The lowest BCUT2D eigenvalue weighted by atomic mass is 10.1. The van der Waals surface area contributed by atoms with E-state index in [9.17, 15) is 0 Å². The maximum Gasteiger partial charge on any atom is 0.0642 e. The van der Waals surface area contributed by atoms with Crippen molar-refractivity contribution in [3.8, 4) is 0 Å². The fraction of sp³-hybridized carbons (Fsp3) is 0.625. The number of ether oxygens (including phenoxy) is 2. The third-order valence-corrected chi connectivity index (χ3v) is 3.59. The summed E-state index contributed by atoms with van der Waals surface area (Å²) >= 11 is 0. The van der Waals surface area contributed by atoms with Crippen LogP contribution >= 0.6 is 0 Å². The predicted molar refractivity (Wildman–Crippen MR) is 82.3 cm³/mol. The van der Waals surface area contributed by atoms with Crippen LogP contribution in [0.5, 0.6) is 0 Å². The molecule has 4 heteroatoms. The van der Waals surface area contributed by atoms with Crippen molar-refractivity contribution in [2.24, 2.45) is 0 Å². The van der Waals surface area contributed by atoms with Crippen molar-refractivity contribution in [1.82, 2.24) is 5.32 Å². The Morgan fingerprint density at radius 1 is 1.20 bits per heavy atom. The Balaban J connectivity index is 1.88. The molecule has 0 aromatic heterocycles. The Bertz CT molecular complexity index is 397. The molecule has 20 heavy (non-hydrogen) atoms. The first-order chi connectivity index (χ1) is 9.61. The fourth-order valence-electron chi connectivity index (χ4n) is 2.40. The van der Waals surface area contributed by atoms with E-state index in [2.05, 4.69) is 48.3 Å². The van der Waals surface area contributed by atoms with Gasteiger partial charge in [0.1, 0.15) is 0 Å². The zero-order valence-corrected chi connectivity index (χ0v) is 12.8. The van der Waals surface area contributed by atoms with Crippen molar-refractivity contribution in [1.29, 1.82) is 0 Å². The van der Waals surface area contributed by atoms with Crippen LogP contribution in [0.25, 0.3) is 0 Å². The highest BCUT2D eigenvalue weighted by Crippen LogP contribution is 2.17. The van der Waals surface area contributed by atoms with Gasteiger partial charge in [0.15, 0.2) is 0 Å². The van der Waals surface area contributed by atoms with Gasteiger partial charge in [-0.05, 0) is 31.5 Å². The van der Waals surface area contributed by atoms with Gasteiger partial charge in [0, 0.05) is 38.0 Å². The molecule has 0 atom stereocenters. The Morgan fingerprint density at radius 3 is 2.45 bits per heavy atom. The van der Waals surface area contributed by atoms with Crippen molar-refractivity contribution < 1.29 is 9.47 Å². The molecule has 1 heterocycles. The summed E-state index contributed by atoms with van der Waals surface area (Å²) in [5, 5.41) is 3.52. The monoisotopic (exact) mass is 278 g/mol. The first-order valence-electron chi connectivity index (χ1n) is 7.26. The molecule has 1 fully saturated rings.